The fourth-order valence-electron chi connectivity index (χ4n) is 1.63. The average molecular weight is 225 g/mol. The fourth-order valence-corrected chi connectivity index (χ4v) is 1.63. The zero-order valence-corrected chi connectivity index (χ0v) is 9.02. The Morgan fingerprint density at radius 3 is 2.81 bits per heavy atom. The number of aliphatic carboxylic acids is 1. The third kappa shape index (κ3) is 3.91. The summed E-state index contributed by atoms with van der Waals surface area (Å²) in [6.07, 6.45) is 7.02. The molecule has 1 amide bonds. The van der Waals surface area contributed by atoms with E-state index in [0.717, 1.165) is 17.7 Å². The average Bonchev–Trinajstić information content (AvgIpc) is 2.69. The predicted molar refractivity (Wildman–Crippen MR) is 56.6 cm³/mol. The number of ether oxygens (including phenoxy) is 1. The molecule has 1 heterocycles. The molecule has 1 aliphatic heterocycles. The number of hydrogen-bond acceptors (Lipinski definition) is 3. The quantitative estimate of drug-likeness (QED) is 0.674. The van der Waals surface area contributed by atoms with Crippen molar-refractivity contribution >= 4 is 11.9 Å². The molecule has 0 spiro atoms. The summed E-state index contributed by atoms with van der Waals surface area (Å²) in [5.41, 5.74) is 0. The first-order valence-electron chi connectivity index (χ1n) is 5.18. The van der Waals surface area contributed by atoms with Crippen molar-refractivity contribution < 1.29 is 19.4 Å². The number of carbonyl (C=O) groups is 2. The van der Waals surface area contributed by atoms with Gasteiger partial charge in [0.1, 0.15) is 6.54 Å². The molecular weight excluding hydrogens is 210 g/mol. The van der Waals surface area contributed by atoms with Gasteiger partial charge in [-0.1, -0.05) is 5.92 Å². The van der Waals surface area contributed by atoms with Gasteiger partial charge in [0.25, 0.3) is 0 Å². The van der Waals surface area contributed by atoms with Crippen molar-refractivity contribution in [2.24, 2.45) is 0 Å². The third-order valence-corrected chi connectivity index (χ3v) is 2.39. The maximum Gasteiger partial charge on any atom is 0.323 e. The molecule has 0 aromatic heterocycles. The summed E-state index contributed by atoms with van der Waals surface area (Å²) in [5.74, 6) is 0.963. The van der Waals surface area contributed by atoms with Crippen LogP contribution in [0.25, 0.3) is 0 Å². The van der Waals surface area contributed by atoms with Crippen LogP contribution in [0.3, 0.4) is 0 Å². The van der Waals surface area contributed by atoms with Gasteiger partial charge in [-0.05, 0) is 12.8 Å². The summed E-state index contributed by atoms with van der Waals surface area (Å²) < 4.78 is 5.31. The second-order valence-electron chi connectivity index (χ2n) is 3.69. The van der Waals surface area contributed by atoms with E-state index in [2.05, 4.69) is 5.92 Å². The minimum absolute atomic E-state index is 0.0256. The summed E-state index contributed by atoms with van der Waals surface area (Å²) in [5, 5.41) is 8.63. The monoisotopic (exact) mass is 225 g/mol. The molecule has 0 radical (unpaired) electrons. The van der Waals surface area contributed by atoms with Crippen LogP contribution < -0.4 is 0 Å². The van der Waals surface area contributed by atoms with E-state index in [9.17, 15) is 9.59 Å². The minimum Gasteiger partial charge on any atom is -0.480 e. The van der Waals surface area contributed by atoms with Crippen molar-refractivity contribution in [3.8, 4) is 12.3 Å². The second kappa shape index (κ2) is 6.13. The molecule has 1 N–H and O–H groups in total. The maximum atomic E-state index is 11.7. The van der Waals surface area contributed by atoms with Crippen LogP contribution in [0.2, 0.25) is 0 Å². The molecule has 1 saturated heterocycles. The lowest BCUT2D eigenvalue weighted by Gasteiger charge is -2.19. The van der Waals surface area contributed by atoms with Gasteiger partial charge in [-0.25, -0.2) is 0 Å². The highest BCUT2D eigenvalue weighted by Crippen LogP contribution is 2.16. The molecule has 88 valence electrons. The molecule has 16 heavy (non-hydrogen) atoms. The lowest BCUT2D eigenvalue weighted by Crippen LogP contribution is -2.37. The first kappa shape index (κ1) is 12.5. The highest BCUT2D eigenvalue weighted by Gasteiger charge is 2.23. The van der Waals surface area contributed by atoms with Crippen LogP contribution >= 0.6 is 0 Å². The minimum atomic E-state index is -1.06. The van der Waals surface area contributed by atoms with Gasteiger partial charge in [-0.2, -0.15) is 0 Å². The Morgan fingerprint density at radius 2 is 2.31 bits per heavy atom. The number of rotatable bonds is 5. The Hall–Kier alpha value is -1.54. The van der Waals surface area contributed by atoms with E-state index in [1.807, 2.05) is 0 Å². The molecule has 1 aliphatic rings. The maximum absolute atomic E-state index is 11.7. The van der Waals surface area contributed by atoms with Crippen LogP contribution in [0.15, 0.2) is 0 Å². The van der Waals surface area contributed by atoms with Crippen molar-refractivity contribution in [2.75, 3.05) is 19.7 Å². The lowest BCUT2D eigenvalue weighted by atomic mass is 10.1. The van der Waals surface area contributed by atoms with Gasteiger partial charge >= 0.3 is 5.97 Å². The zero-order chi connectivity index (χ0) is 12.0. The largest absolute Gasteiger partial charge is 0.480 e. The SMILES string of the molecule is C#CCN(CC(=O)O)C(=O)CC1CCCO1. The van der Waals surface area contributed by atoms with Gasteiger partial charge in [0.2, 0.25) is 5.91 Å². The number of carboxylic acids is 1. The molecule has 1 atom stereocenters. The number of terminal acetylenes is 1. The van der Waals surface area contributed by atoms with Gasteiger partial charge in [0, 0.05) is 6.61 Å². The lowest BCUT2D eigenvalue weighted by molar-refractivity contribution is -0.144. The summed E-state index contributed by atoms with van der Waals surface area (Å²) in [7, 11) is 0. The van der Waals surface area contributed by atoms with Crippen LogP contribution in [0, 0.1) is 12.3 Å². The third-order valence-electron chi connectivity index (χ3n) is 2.39. The van der Waals surface area contributed by atoms with E-state index in [0.29, 0.717) is 6.61 Å². The van der Waals surface area contributed by atoms with Crippen molar-refractivity contribution in [1.29, 1.82) is 0 Å². The highest BCUT2D eigenvalue weighted by molar-refractivity contribution is 5.81. The molecule has 1 rings (SSSR count). The molecule has 1 unspecified atom stereocenters. The van der Waals surface area contributed by atoms with Gasteiger partial charge < -0.3 is 14.7 Å². The Morgan fingerprint density at radius 1 is 1.56 bits per heavy atom. The molecule has 0 aliphatic carbocycles. The van der Waals surface area contributed by atoms with Gasteiger partial charge in [0.15, 0.2) is 0 Å². The Bertz CT molecular complexity index is 302. The molecule has 0 aromatic rings. The standard InChI is InChI=1S/C11H15NO4/c1-2-5-12(8-11(14)15)10(13)7-9-4-3-6-16-9/h1,9H,3-8H2,(H,14,15). The van der Waals surface area contributed by atoms with Crippen LogP contribution in [-0.4, -0.2) is 47.7 Å². The smallest absolute Gasteiger partial charge is 0.323 e. The first-order chi connectivity index (χ1) is 7.63. The summed E-state index contributed by atoms with van der Waals surface area (Å²) >= 11 is 0. The molecule has 0 aromatic carbocycles. The molecule has 0 bridgehead atoms. The normalized spacial score (nSPS) is 19.1. The number of hydrogen-bond donors (Lipinski definition) is 1. The van der Waals surface area contributed by atoms with E-state index in [1.54, 1.807) is 0 Å². The van der Waals surface area contributed by atoms with Crippen LogP contribution in [0.5, 0.6) is 0 Å². The molecule has 5 nitrogen and oxygen atoms in total. The number of nitrogens with zero attached hydrogens (tertiary/aromatic N) is 1. The van der Waals surface area contributed by atoms with E-state index >= 15 is 0 Å². The predicted octanol–water partition coefficient (Wildman–Crippen LogP) is 0.102. The van der Waals surface area contributed by atoms with E-state index in [-0.39, 0.29) is 31.5 Å². The Kier molecular flexibility index (Phi) is 4.80. The topological polar surface area (TPSA) is 66.8 Å². The van der Waals surface area contributed by atoms with Crippen LogP contribution in [0.4, 0.5) is 0 Å². The first-order valence-corrected chi connectivity index (χ1v) is 5.18. The summed E-state index contributed by atoms with van der Waals surface area (Å²) in [4.78, 5) is 23.4. The van der Waals surface area contributed by atoms with Gasteiger partial charge in [-0.3, -0.25) is 9.59 Å². The fraction of sp³-hybridized carbons (Fsp3) is 0.636. The number of carbonyl (C=O) groups excluding carboxylic acids is 1. The van der Waals surface area contributed by atoms with E-state index in [1.165, 1.54) is 0 Å². The summed E-state index contributed by atoms with van der Waals surface area (Å²) in [6.45, 7) is 0.347. The Labute approximate surface area is 94.4 Å². The molecule has 1 fully saturated rings. The second-order valence-corrected chi connectivity index (χ2v) is 3.69. The molecule has 0 saturated carbocycles. The molecule has 5 heteroatoms. The number of amides is 1. The van der Waals surface area contributed by atoms with Crippen molar-refractivity contribution in [2.45, 2.75) is 25.4 Å². The highest BCUT2D eigenvalue weighted by atomic mass is 16.5. The van der Waals surface area contributed by atoms with Crippen molar-refractivity contribution in [3.63, 3.8) is 0 Å². The van der Waals surface area contributed by atoms with Crippen molar-refractivity contribution in [3.05, 3.63) is 0 Å². The van der Waals surface area contributed by atoms with Crippen molar-refractivity contribution in [1.82, 2.24) is 4.90 Å². The number of carboxylic acid groups (broad SMARTS) is 1. The van der Waals surface area contributed by atoms with E-state index < -0.39 is 5.97 Å². The zero-order valence-electron chi connectivity index (χ0n) is 9.02. The molecular formula is C11H15NO4. The Balaban J connectivity index is 2.46. The van der Waals surface area contributed by atoms with Gasteiger partial charge in [0.05, 0.1) is 19.1 Å². The van der Waals surface area contributed by atoms with Crippen LogP contribution in [-0.2, 0) is 14.3 Å². The van der Waals surface area contributed by atoms with Gasteiger partial charge in [-0.15, -0.1) is 6.42 Å². The van der Waals surface area contributed by atoms with E-state index in [4.69, 9.17) is 16.3 Å². The van der Waals surface area contributed by atoms with Crippen LogP contribution in [0.1, 0.15) is 19.3 Å². The summed E-state index contributed by atoms with van der Waals surface area (Å²) in [6, 6.07) is 0.